The molecule has 4 rings (SSSR count). The van der Waals surface area contributed by atoms with Crippen molar-refractivity contribution in [3.63, 3.8) is 0 Å². The average Bonchev–Trinajstić information content (AvgIpc) is 3.16. The van der Waals surface area contributed by atoms with Crippen LogP contribution in [-0.2, 0) is 11.2 Å². The van der Waals surface area contributed by atoms with E-state index < -0.39 is 5.97 Å². The maximum Gasteiger partial charge on any atom is 0.309 e. The Morgan fingerprint density at radius 2 is 1.97 bits per heavy atom. The third-order valence-electron chi connectivity index (χ3n) is 5.66. The van der Waals surface area contributed by atoms with E-state index in [-0.39, 0.29) is 18.2 Å². The number of para-hydroxylation sites is 1. The largest absolute Gasteiger partial charge is 0.481 e. The number of pyridine rings is 1. The molecule has 29 heavy (non-hydrogen) atoms. The van der Waals surface area contributed by atoms with Crippen molar-refractivity contribution in [1.29, 1.82) is 0 Å². The van der Waals surface area contributed by atoms with Crippen molar-refractivity contribution in [2.45, 2.75) is 39.0 Å². The first-order valence-corrected chi connectivity index (χ1v) is 9.84. The minimum Gasteiger partial charge on any atom is -0.481 e. The molecular weight excluding hydrogens is 368 g/mol. The Balaban J connectivity index is 1.46. The van der Waals surface area contributed by atoms with Crippen LogP contribution in [0.25, 0.3) is 10.9 Å². The summed E-state index contributed by atoms with van der Waals surface area (Å²) in [6.45, 7) is 5.21. The summed E-state index contributed by atoms with van der Waals surface area (Å²) in [5.74, 6) is -0.628. The van der Waals surface area contributed by atoms with Crippen LogP contribution in [0, 0.1) is 13.8 Å². The van der Waals surface area contributed by atoms with Gasteiger partial charge in [-0.3, -0.25) is 19.7 Å². The van der Waals surface area contributed by atoms with Gasteiger partial charge >= 0.3 is 5.97 Å². The first-order valence-electron chi connectivity index (χ1n) is 9.84. The standard InChI is InChI=1S/C22H24N4O3/c1-13-4-3-5-16-10-18(14(2)23-21(13)16)22(29)26-8-6-15(7-9-26)19-11-17(24-25-19)12-20(27)28/h3-5,10-11,15H,6-9,12H2,1-2H3,(H,24,25)(H,27,28). The number of nitrogens with zero attached hydrogens (tertiary/aromatic N) is 3. The first-order chi connectivity index (χ1) is 13.9. The van der Waals surface area contributed by atoms with Crippen molar-refractivity contribution in [2.24, 2.45) is 0 Å². The number of fused-ring (bicyclic) bond motifs is 1. The summed E-state index contributed by atoms with van der Waals surface area (Å²) in [6.07, 6.45) is 1.56. The molecule has 3 heterocycles. The van der Waals surface area contributed by atoms with Crippen LogP contribution < -0.4 is 0 Å². The Labute approximate surface area is 168 Å². The number of carboxylic acids is 1. The normalized spacial score (nSPS) is 15.0. The van der Waals surface area contributed by atoms with Gasteiger partial charge in [0.05, 0.1) is 28.9 Å². The van der Waals surface area contributed by atoms with Crippen LogP contribution in [0.4, 0.5) is 0 Å². The van der Waals surface area contributed by atoms with E-state index in [2.05, 4.69) is 15.2 Å². The number of carbonyl (C=O) groups is 2. The van der Waals surface area contributed by atoms with Gasteiger partial charge in [-0.05, 0) is 44.4 Å². The van der Waals surface area contributed by atoms with E-state index in [1.54, 1.807) is 0 Å². The Bertz CT molecular complexity index is 1080. The van der Waals surface area contributed by atoms with Crippen molar-refractivity contribution < 1.29 is 14.7 Å². The minimum absolute atomic E-state index is 0.0189. The number of benzene rings is 1. The molecule has 1 aliphatic rings. The number of aliphatic carboxylic acids is 1. The van der Waals surface area contributed by atoms with Crippen molar-refractivity contribution in [3.8, 4) is 0 Å². The second kappa shape index (κ2) is 7.66. The fourth-order valence-electron chi connectivity index (χ4n) is 4.05. The predicted octanol–water partition coefficient (Wildman–Crippen LogP) is 3.22. The maximum absolute atomic E-state index is 13.1. The fourth-order valence-corrected chi connectivity index (χ4v) is 4.05. The van der Waals surface area contributed by atoms with Gasteiger partial charge in [0.25, 0.3) is 5.91 Å². The highest BCUT2D eigenvalue weighted by molar-refractivity contribution is 5.99. The van der Waals surface area contributed by atoms with E-state index in [4.69, 9.17) is 5.11 Å². The summed E-state index contributed by atoms with van der Waals surface area (Å²) in [4.78, 5) is 30.5. The number of amides is 1. The number of carboxylic acid groups (broad SMARTS) is 1. The van der Waals surface area contributed by atoms with Crippen LogP contribution in [0.15, 0.2) is 30.3 Å². The van der Waals surface area contributed by atoms with Gasteiger partial charge in [-0.2, -0.15) is 5.10 Å². The molecule has 7 nitrogen and oxygen atoms in total. The zero-order chi connectivity index (χ0) is 20.5. The lowest BCUT2D eigenvalue weighted by atomic mass is 9.92. The molecule has 0 bridgehead atoms. The second-order valence-electron chi connectivity index (χ2n) is 7.72. The van der Waals surface area contributed by atoms with E-state index in [1.807, 2.05) is 49.1 Å². The molecule has 150 valence electrons. The Morgan fingerprint density at radius 3 is 2.69 bits per heavy atom. The molecule has 0 saturated carbocycles. The molecule has 1 aromatic carbocycles. The highest BCUT2D eigenvalue weighted by Gasteiger charge is 2.27. The summed E-state index contributed by atoms with van der Waals surface area (Å²) < 4.78 is 0. The van der Waals surface area contributed by atoms with E-state index >= 15 is 0 Å². The van der Waals surface area contributed by atoms with E-state index in [0.717, 1.165) is 40.7 Å². The van der Waals surface area contributed by atoms with Crippen LogP contribution in [0.2, 0.25) is 0 Å². The van der Waals surface area contributed by atoms with Gasteiger partial charge in [0.1, 0.15) is 0 Å². The first kappa shape index (κ1) is 19.1. The number of nitrogens with one attached hydrogen (secondary N) is 1. The van der Waals surface area contributed by atoms with Crippen molar-refractivity contribution >= 4 is 22.8 Å². The number of aromatic nitrogens is 3. The zero-order valence-corrected chi connectivity index (χ0v) is 16.6. The Morgan fingerprint density at radius 1 is 1.21 bits per heavy atom. The molecule has 0 spiro atoms. The number of carbonyl (C=O) groups excluding carboxylic acids is 1. The van der Waals surface area contributed by atoms with E-state index in [9.17, 15) is 9.59 Å². The number of H-pyrrole nitrogens is 1. The SMILES string of the molecule is Cc1nc2c(C)cccc2cc1C(=O)N1CCC(c2cc(CC(=O)O)[nH]n2)CC1. The summed E-state index contributed by atoms with van der Waals surface area (Å²) in [7, 11) is 0. The minimum atomic E-state index is -0.879. The second-order valence-corrected chi connectivity index (χ2v) is 7.72. The lowest BCUT2D eigenvalue weighted by Crippen LogP contribution is -2.38. The molecule has 3 aromatic rings. The van der Waals surface area contributed by atoms with Crippen molar-refractivity contribution in [2.75, 3.05) is 13.1 Å². The molecule has 0 atom stereocenters. The maximum atomic E-state index is 13.1. The molecule has 2 aromatic heterocycles. The zero-order valence-electron chi connectivity index (χ0n) is 16.6. The summed E-state index contributed by atoms with van der Waals surface area (Å²) in [5, 5.41) is 17.0. The molecule has 1 aliphatic heterocycles. The van der Waals surface area contributed by atoms with Gasteiger partial charge in [0.15, 0.2) is 0 Å². The third-order valence-corrected chi connectivity index (χ3v) is 5.66. The Kier molecular flexibility index (Phi) is 5.05. The third kappa shape index (κ3) is 3.85. The average molecular weight is 392 g/mol. The molecule has 1 fully saturated rings. The van der Waals surface area contributed by atoms with Crippen LogP contribution in [-0.4, -0.2) is 50.2 Å². The number of rotatable bonds is 4. The lowest BCUT2D eigenvalue weighted by Gasteiger charge is -2.31. The Hall–Kier alpha value is -3.22. The highest BCUT2D eigenvalue weighted by Crippen LogP contribution is 2.29. The number of likely N-dealkylation sites (tertiary alicyclic amines) is 1. The fraction of sp³-hybridized carbons (Fsp3) is 0.364. The van der Waals surface area contributed by atoms with Crippen LogP contribution in [0.3, 0.4) is 0 Å². The number of aryl methyl sites for hydroxylation is 2. The van der Waals surface area contributed by atoms with Gasteiger partial charge in [0.2, 0.25) is 0 Å². The molecule has 1 saturated heterocycles. The molecule has 7 heteroatoms. The number of aromatic amines is 1. The molecule has 0 aliphatic carbocycles. The number of piperidine rings is 1. The van der Waals surface area contributed by atoms with Crippen molar-refractivity contribution in [1.82, 2.24) is 20.1 Å². The van der Waals surface area contributed by atoms with Crippen molar-refractivity contribution in [3.05, 3.63) is 58.5 Å². The van der Waals surface area contributed by atoms with Gasteiger partial charge in [-0.25, -0.2) is 0 Å². The molecular formula is C22H24N4O3. The van der Waals surface area contributed by atoms with Gasteiger partial charge in [-0.15, -0.1) is 0 Å². The summed E-state index contributed by atoms with van der Waals surface area (Å²) >= 11 is 0. The highest BCUT2D eigenvalue weighted by atomic mass is 16.4. The van der Waals surface area contributed by atoms with E-state index in [0.29, 0.717) is 24.3 Å². The van der Waals surface area contributed by atoms with Crippen LogP contribution >= 0.6 is 0 Å². The summed E-state index contributed by atoms with van der Waals surface area (Å²) in [6, 6.07) is 9.78. The van der Waals surface area contributed by atoms with Crippen LogP contribution in [0.1, 0.15) is 51.8 Å². The smallest absolute Gasteiger partial charge is 0.309 e. The van der Waals surface area contributed by atoms with Gasteiger partial charge in [0, 0.05) is 30.1 Å². The van der Waals surface area contributed by atoms with E-state index in [1.165, 1.54) is 0 Å². The quantitative estimate of drug-likeness (QED) is 0.710. The molecule has 2 N–H and O–H groups in total. The van der Waals surface area contributed by atoms with Gasteiger partial charge < -0.3 is 10.0 Å². The monoisotopic (exact) mass is 392 g/mol. The number of hydrogen-bond donors (Lipinski definition) is 2. The topological polar surface area (TPSA) is 99.2 Å². The molecule has 1 amide bonds. The lowest BCUT2D eigenvalue weighted by molar-refractivity contribution is -0.136. The predicted molar refractivity (Wildman–Crippen MR) is 109 cm³/mol. The molecule has 0 unspecified atom stereocenters. The molecule has 0 radical (unpaired) electrons. The number of hydrogen-bond acceptors (Lipinski definition) is 4. The summed E-state index contributed by atoms with van der Waals surface area (Å²) in [5.41, 5.74) is 4.95. The van der Waals surface area contributed by atoms with Crippen LogP contribution in [0.5, 0.6) is 0 Å². The van der Waals surface area contributed by atoms with Gasteiger partial charge in [-0.1, -0.05) is 18.2 Å².